The topological polar surface area (TPSA) is 81.4 Å². The second kappa shape index (κ2) is 9.13. The second-order valence-corrected chi connectivity index (χ2v) is 17.5. The van der Waals surface area contributed by atoms with E-state index in [1.54, 1.807) is 35.0 Å². The van der Waals surface area contributed by atoms with Gasteiger partial charge in [-0.1, -0.05) is 45.9 Å². The molecule has 0 unspecified atom stereocenters. The highest BCUT2D eigenvalue weighted by molar-refractivity contribution is 7.95. The number of aryl methyl sites for hydroxylation is 2. The fraction of sp³-hybridized carbons (Fsp3) is 0.560. The van der Waals surface area contributed by atoms with Crippen LogP contribution in [0.2, 0.25) is 18.1 Å². The quantitative estimate of drug-likeness (QED) is 0.583. The lowest BCUT2D eigenvalue weighted by atomic mass is 9.97. The summed E-state index contributed by atoms with van der Waals surface area (Å²) in [6.07, 6.45) is 0.679. The van der Waals surface area contributed by atoms with Crippen LogP contribution in [0.15, 0.2) is 52.3 Å². The lowest BCUT2D eigenvalue weighted by Crippen LogP contribution is -2.47. The maximum Gasteiger partial charge on any atom is 0.204 e. The van der Waals surface area contributed by atoms with Gasteiger partial charge in [0.15, 0.2) is 8.32 Å². The van der Waals surface area contributed by atoms with E-state index in [9.17, 15) is 13.5 Å². The number of hydrogen-bond donors (Lipinski definition) is 1. The van der Waals surface area contributed by atoms with Gasteiger partial charge in [-0.15, -0.1) is 0 Å². The van der Waals surface area contributed by atoms with Crippen molar-refractivity contribution in [2.45, 2.75) is 89.2 Å². The molecule has 1 aliphatic rings. The summed E-state index contributed by atoms with van der Waals surface area (Å²) in [5.74, 6) is -0.262. The molecule has 0 saturated carbocycles. The minimum Gasteiger partial charge on any atom is -0.413 e. The lowest BCUT2D eigenvalue weighted by Gasteiger charge is -2.41. The molecule has 4 atom stereocenters. The van der Waals surface area contributed by atoms with Crippen molar-refractivity contribution >= 4 is 18.2 Å². The first-order chi connectivity index (χ1) is 15.1. The Bertz CT molecular complexity index is 1120. The molecule has 1 aliphatic carbocycles. The highest BCUT2D eigenvalue weighted by Gasteiger charge is 2.45. The van der Waals surface area contributed by atoms with Crippen LogP contribution in [0.1, 0.15) is 51.5 Å². The SMILES string of the molecule is Cc1cc(C)n([C@@H]2C[C@@H](O[Si](C)(C)C(C)(C)C)[C@@H](C)[C@H](O)C=C2S(=O)(=O)c2ccccc2)n1. The molecule has 6 nitrogen and oxygen atoms in total. The Hall–Kier alpha value is -1.74. The van der Waals surface area contributed by atoms with Gasteiger partial charge in [0.2, 0.25) is 9.84 Å². The molecule has 182 valence electrons. The third-order valence-electron chi connectivity index (χ3n) is 7.20. The maximum atomic E-state index is 13.8. The highest BCUT2D eigenvalue weighted by Crippen LogP contribution is 2.43. The lowest BCUT2D eigenvalue weighted by molar-refractivity contribution is 0.0461. The summed E-state index contributed by atoms with van der Waals surface area (Å²) in [6.45, 7) is 16.7. The standard InChI is InChI=1S/C25H38N2O4SSi/c1-17-14-18(2)27(26-17)21-15-23(31-33(7,8)25(4,5)6)19(3)22(28)16-24(21)32(29,30)20-12-10-9-11-13-20/h9-14,16,19,21-23,28H,15H2,1-8H3/t19-,21+,22+,23+/m0/s1. The van der Waals surface area contributed by atoms with Gasteiger partial charge in [0.05, 0.1) is 33.7 Å². The van der Waals surface area contributed by atoms with Gasteiger partial charge in [-0.2, -0.15) is 5.10 Å². The Labute approximate surface area is 199 Å². The summed E-state index contributed by atoms with van der Waals surface area (Å²) in [5.41, 5.74) is 1.70. The molecule has 3 rings (SSSR count). The summed E-state index contributed by atoms with van der Waals surface area (Å²) in [7, 11) is -6.02. The van der Waals surface area contributed by atoms with Gasteiger partial charge in [0, 0.05) is 11.6 Å². The van der Waals surface area contributed by atoms with E-state index in [4.69, 9.17) is 4.43 Å². The van der Waals surface area contributed by atoms with Gasteiger partial charge >= 0.3 is 0 Å². The van der Waals surface area contributed by atoms with Crippen molar-refractivity contribution in [3.05, 3.63) is 58.8 Å². The normalized spacial score (nSPS) is 24.9. The molecule has 1 aromatic carbocycles. The van der Waals surface area contributed by atoms with Crippen LogP contribution in [0.4, 0.5) is 0 Å². The van der Waals surface area contributed by atoms with Crippen LogP contribution < -0.4 is 0 Å². The number of aromatic nitrogens is 2. The second-order valence-electron chi connectivity index (χ2n) is 10.8. The van der Waals surface area contributed by atoms with E-state index >= 15 is 0 Å². The molecular formula is C25H38N2O4SSi. The molecule has 0 aliphatic heterocycles. The molecule has 0 fully saturated rings. The summed E-state index contributed by atoms with van der Waals surface area (Å²) in [5, 5.41) is 15.8. The number of benzene rings is 1. The first-order valence-corrected chi connectivity index (χ1v) is 15.9. The third-order valence-corrected chi connectivity index (χ3v) is 13.6. The van der Waals surface area contributed by atoms with Crippen molar-refractivity contribution in [1.82, 2.24) is 9.78 Å². The molecule has 1 aromatic heterocycles. The zero-order valence-electron chi connectivity index (χ0n) is 21.0. The van der Waals surface area contributed by atoms with E-state index in [2.05, 4.69) is 39.0 Å². The van der Waals surface area contributed by atoms with Crippen molar-refractivity contribution in [2.75, 3.05) is 0 Å². The summed E-state index contributed by atoms with van der Waals surface area (Å²) < 4.78 is 36.2. The first kappa shape index (κ1) is 25.9. The molecule has 0 spiro atoms. The van der Waals surface area contributed by atoms with Crippen LogP contribution >= 0.6 is 0 Å². The Morgan fingerprint density at radius 3 is 2.27 bits per heavy atom. The number of aliphatic hydroxyl groups is 1. The van der Waals surface area contributed by atoms with Crippen LogP contribution in [-0.2, 0) is 14.3 Å². The van der Waals surface area contributed by atoms with Crippen molar-refractivity contribution in [3.63, 3.8) is 0 Å². The Kier molecular flexibility index (Phi) is 7.16. The van der Waals surface area contributed by atoms with Gasteiger partial charge in [-0.25, -0.2) is 8.42 Å². The summed E-state index contributed by atoms with van der Waals surface area (Å²) >= 11 is 0. The van der Waals surface area contributed by atoms with Crippen molar-refractivity contribution in [2.24, 2.45) is 5.92 Å². The number of rotatable bonds is 5. The van der Waals surface area contributed by atoms with Crippen molar-refractivity contribution in [1.29, 1.82) is 0 Å². The zero-order chi connectivity index (χ0) is 24.8. The van der Waals surface area contributed by atoms with Crippen molar-refractivity contribution < 1.29 is 18.0 Å². The van der Waals surface area contributed by atoms with Gasteiger partial charge in [0.1, 0.15) is 0 Å². The number of sulfone groups is 1. The Balaban J connectivity index is 2.15. The molecule has 0 saturated heterocycles. The predicted molar refractivity (Wildman–Crippen MR) is 134 cm³/mol. The van der Waals surface area contributed by atoms with Gasteiger partial charge in [-0.3, -0.25) is 4.68 Å². The first-order valence-electron chi connectivity index (χ1n) is 11.6. The number of aliphatic hydroxyl groups excluding tert-OH is 1. The van der Waals surface area contributed by atoms with Crippen LogP contribution in [0.3, 0.4) is 0 Å². The molecular weight excluding hydrogens is 452 g/mol. The van der Waals surface area contributed by atoms with Crippen LogP contribution in [0, 0.1) is 19.8 Å². The van der Waals surface area contributed by atoms with Gasteiger partial charge < -0.3 is 9.53 Å². The minimum atomic E-state index is -3.85. The van der Waals surface area contributed by atoms with E-state index in [0.29, 0.717) is 6.42 Å². The smallest absolute Gasteiger partial charge is 0.204 e. The monoisotopic (exact) mass is 490 g/mol. The molecule has 33 heavy (non-hydrogen) atoms. The van der Waals surface area contributed by atoms with Crippen LogP contribution in [-0.4, -0.2) is 43.8 Å². The number of nitrogens with zero attached hydrogens (tertiary/aromatic N) is 2. The van der Waals surface area contributed by atoms with Gasteiger partial charge in [-0.05, 0) is 62.7 Å². The van der Waals surface area contributed by atoms with E-state index < -0.39 is 30.3 Å². The largest absolute Gasteiger partial charge is 0.413 e. The summed E-state index contributed by atoms with van der Waals surface area (Å²) in [4.78, 5) is 0.395. The fourth-order valence-electron chi connectivity index (χ4n) is 4.10. The molecule has 0 radical (unpaired) electrons. The van der Waals surface area contributed by atoms with Crippen LogP contribution in [0.25, 0.3) is 0 Å². The minimum absolute atomic E-state index is 0.00987. The van der Waals surface area contributed by atoms with E-state index in [-0.39, 0.29) is 26.9 Å². The van der Waals surface area contributed by atoms with Gasteiger partial charge in [0.25, 0.3) is 0 Å². The number of hydrogen-bond acceptors (Lipinski definition) is 5. The third kappa shape index (κ3) is 5.19. The Morgan fingerprint density at radius 2 is 1.76 bits per heavy atom. The molecule has 1 heterocycles. The fourth-order valence-corrected chi connectivity index (χ4v) is 7.18. The number of allylic oxidation sites excluding steroid dienone is 1. The van der Waals surface area contributed by atoms with E-state index in [1.807, 2.05) is 26.8 Å². The van der Waals surface area contributed by atoms with E-state index in [1.165, 1.54) is 6.08 Å². The average molecular weight is 491 g/mol. The molecule has 2 aromatic rings. The average Bonchev–Trinajstić information content (AvgIpc) is 3.00. The molecule has 0 amide bonds. The Morgan fingerprint density at radius 1 is 1.15 bits per heavy atom. The summed E-state index contributed by atoms with van der Waals surface area (Å²) in [6, 6.07) is 9.78. The highest BCUT2D eigenvalue weighted by atomic mass is 32.2. The van der Waals surface area contributed by atoms with E-state index in [0.717, 1.165) is 11.4 Å². The van der Waals surface area contributed by atoms with Crippen LogP contribution in [0.5, 0.6) is 0 Å². The molecule has 8 heteroatoms. The predicted octanol–water partition coefficient (Wildman–Crippen LogP) is 5.19. The molecule has 0 bridgehead atoms. The maximum absolute atomic E-state index is 13.8. The zero-order valence-corrected chi connectivity index (χ0v) is 22.8. The molecule has 1 N–H and O–H groups in total. The van der Waals surface area contributed by atoms with Crippen molar-refractivity contribution in [3.8, 4) is 0 Å².